The maximum absolute atomic E-state index is 12.8. The van der Waals surface area contributed by atoms with Crippen molar-refractivity contribution < 1.29 is 9.69 Å². The lowest BCUT2D eigenvalue weighted by molar-refractivity contribution is -0.917. The van der Waals surface area contributed by atoms with Crippen LogP contribution in [0.5, 0.6) is 0 Å². The van der Waals surface area contributed by atoms with Crippen LogP contribution in [0.25, 0.3) is 10.9 Å². The monoisotopic (exact) mass is 346 g/mol. The summed E-state index contributed by atoms with van der Waals surface area (Å²) in [5, 5.41) is 1.07. The molecule has 2 aromatic carbocycles. The molecule has 3 aromatic rings. The van der Waals surface area contributed by atoms with E-state index in [1.165, 1.54) is 16.0 Å². The highest BCUT2D eigenvalue weighted by Gasteiger charge is 2.25. The van der Waals surface area contributed by atoms with Crippen molar-refractivity contribution in [2.75, 3.05) is 26.2 Å². The van der Waals surface area contributed by atoms with E-state index in [2.05, 4.69) is 36.2 Å². The van der Waals surface area contributed by atoms with Gasteiger partial charge in [-0.05, 0) is 19.1 Å². The van der Waals surface area contributed by atoms with Gasteiger partial charge in [0.05, 0.1) is 31.7 Å². The van der Waals surface area contributed by atoms with Crippen LogP contribution in [-0.2, 0) is 6.54 Å². The van der Waals surface area contributed by atoms with Gasteiger partial charge in [-0.15, -0.1) is 0 Å². The highest BCUT2D eigenvalue weighted by Crippen LogP contribution is 2.13. The summed E-state index contributed by atoms with van der Waals surface area (Å²) in [6, 6.07) is 20.4. The third-order valence-electron chi connectivity index (χ3n) is 5.11. The Hall–Kier alpha value is -2.72. The minimum Gasteiger partial charge on any atom is -0.328 e. The minimum atomic E-state index is 0.0466. The van der Waals surface area contributed by atoms with Crippen LogP contribution in [0.4, 0.5) is 0 Å². The zero-order valence-corrected chi connectivity index (χ0v) is 15.1. The molecule has 4 heteroatoms. The number of hydrogen-bond acceptors (Lipinski definition) is 2. The number of benzene rings is 2. The molecule has 0 spiro atoms. The number of pyridine rings is 1. The minimum absolute atomic E-state index is 0.0466. The molecule has 0 bridgehead atoms. The molecule has 0 atom stereocenters. The smallest absolute Gasteiger partial charge is 0.272 e. The normalized spacial score (nSPS) is 15.3. The van der Waals surface area contributed by atoms with Crippen LogP contribution in [0.2, 0.25) is 0 Å². The number of aryl methyl sites for hydroxylation is 1. The number of nitrogens with one attached hydrogen (secondary N) is 1. The van der Waals surface area contributed by atoms with E-state index in [4.69, 9.17) is 0 Å². The molecule has 132 valence electrons. The van der Waals surface area contributed by atoms with E-state index in [0.717, 1.165) is 43.6 Å². The molecule has 2 heterocycles. The predicted molar refractivity (Wildman–Crippen MR) is 103 cm³/mol. The van der Waals surface area contributed by atoms with Gasteiger partial charge in [0.25, 0.3) is 5.91 Å². The largest absolute Gasteiger partial charge is 0.328 e. The molecule has 0 saturated carbocycles. The number of amides is 1. The molecule has 0 radical (unpaired) electrons. The van der Waals surface area contributed by atoms with Crippen LogP contribution in [0.15, 0.2) is 60.7 Å². The number of rotatable bonds is 3. The third kappa shape index (κ3) is 3.60. The van der Waals surface area contributed by atoms with E-state index in [1.54, 1.807) is 0 Å². The van der Waals surface area contributed by atoms with Gasteiger partial charge in [-0.2, -0.15) is 0 Å². The molecule has 1 aliphatic heterocycles. The number of nitrogens with zero attached hydrogens (tertiary/aromatic N) is 2. The van der Waals surface area contributed by atoms with E-state index >= 15 is 0 Å². The number of quaternary nitrogens is 1. The fourth-order valence-electron chi connectivity index (χ4n) is 3.66. The Morgan fingerprint density at radius 2 is 1.85 bits per heavy atom. The summed E-state index contributed by atoms with van der Waals surface area (Å²) in [7, 11) is 0. The van der Waals surface area contributed by atoms with E-state index < -0.39 is 0 Å². The van der Waals surface area contributed by atoms with Crippen LogP contribution in [-0.4, -0.2) is 42.0 Å². The fraction of sp³-hybridized carbons (Fsp3) is 0.273. The van der Waals surface area contributed by atoms with E-state index in [-0.39, 0.29) is 5.91 Å². The van der Waals surface area contributed by atoms with Gasteiger partial charge in [-0.3, -0.25) is 4.79 Å². The second-order valence-corrected chi connectivity index (χ2v) is 7.10. The highest BCUT2D eigenvalue weighted by atomic mass is 16.2. The van der Waals surface area contributed by atoms with Crippen LogP contribution in [0, 0.1) is 6.92 Å². The number of para-hydroxylation sites is 1. The molecule has 1 aromatic heterocycles. The second kappa shape index (κ2) is 7.26. The van der Waals surface area contributed by atoms with Crippen molar-refractivity contribution in [1.29, 1.82) is 0 Å². The van der Waals surface area contributed by atoms with Crippen molar-refractivity contribution in [2.45, 2.75) is 13.5 Å². The summed E-state index contributed by atoms with van der Waals surface area (Å²) in [6.07, 6.45) is 0. The molecule has 1 aliphatic rings. The van der Waals surface area contributed by atoms with E-state index in [0.29, 0.717) is 5.69 Å². The zero-order valence-electron chi connectivity index (χ0n) is 15.1. The lowest BCUT2D eigenvalue weighted by Gasteiger charge is -2.32. The molecular weight excluding hydrogens is 322 g/mol. The molecule has 1 fully saturated rings. The molecule has 26 heavy (non-hydrogen) atoms. The van der Waals surface area contributed by atoms with Crippen LogP contribution < -0.4 is 4.90 Å². The van der Waals surface area contributed by atoms with Crippen molar-refractivity contribution in [1.82, 2.24) is 9.88 Å². The van der Waals surface area contributed by atoms with Crippen molar-refractivity contribution in [3.8, 4) is 0 Å². The Bertz CT molecular complexity index is 929. The lowest BCUT2D eigenvalue weighted by atomic mass is 10.1. The number of aromatic nitrogens is 1. The summed E-state index contributed by atoms with van der Waals surface area (Å²) in [5.74, 6) is 0.0466. The first-order chi connectivity index (χ1) is 12.7. The van der Waals surface area contributed by atoms with E-state index in [1.807, 2.05) is 41.3 Å². The quantitative estimate of drug-likeness (QED) is 0.788. The van der Waals surface area contributed by atoms with Gasteiger partial charge in [0, 0.05) is 10.9 Å². The van der Waals surface area contributed by atoms with Gasteiger partial charge >= 0.3 is 0 Å². The van der Waals surface area contributed by atoms with Gasteiger partial charge in [-0.1, -0.05) is 54.1 Å². The summed E-state index contributed by atoms with van der Waals surface area (Å²) < 4.78 is 0. The van der Waals surface area contributed by atoms with Crippen molar-refractivity contribution in [3.63, 3.8) is 0 Å². The highest BCUT2D eigenvalue weighted by molar-refractivity contribution is 5.94. The number of hydrogen-bond donors (Lipinski definition) is 1. The van der Waals surface area contributed by atoms with Crippen LogP contribution in [0.1, 0.15) is 21.6 Å². The molecular formula is C22H24N3O+. The molecule has 4 nitrogen and oxygen atoms in total. The third-order valence-corrected chi connectivity index (χ3v) is 5.11. The van der Waals surface area contributed by atoms with Crippen molar-refractivity contribution in [2.24, 2.45) is 0 Å². The fourth-order valence-corrected chi connectivity index (χ4v) is 3.66. The Morgan fingerprint density at radius 1 is 1.04 bits per heavy atom. The van der Waals surface area contributed by atoms with Gasteiger partial charge < -0.3 is 9.80 Å². The standard InChI is InChI=1S/C22H23N3O/c1-17-5-4-6-18(15-17)16-24-11-13-25(14-12-24)22(26)21-10-9-19-7-2-3-8-20(19)23-21/h2-10,15H,11-14,16H2,1H3/p+1. The summed E-state index contributed by atoms with van der Waals surface area (Å²) in [4.78, 5) is 20.8. The SMILES string of the molecule is Cc1cccc(C[NH+]2CCN(C(=O)c3ccc4ccccc4n3)CC2)c1. The lowest BCUT2D eigenvalue weighted by Crippen LogP contribution is -3.13. The second-order valence-electron chi connectivity index (χ2n) is 7.10. The first-order valence-corrected chi connectivity index (χ1v) is 9.23. The maximum atomic E-state index is 12.8. The van der Waals surface area contributed by atoms with Crippen LogP contribution in [0.3, 0.4) is 0 Å². The zero-order chi connectivity index (χ0) is 17.9. The molecule has 0 aliphatic carbocycles. The van der Waals surface area contributed by atoms with Crippen molar-refractivity contribution >= 4 is 16.8 Å². The summed E-state index contributed by atoms with van der Waals surface area (Å²) in [6.45, 7) is 6.69. The Labute approximate surface area is 154 Å². The summed E-state index contributed by atoms with van der Waals surface area (Å²) in [5.41, 5.74) is 4.10. The number of piperazine rings is 1. The average molecular weight is 346 g/mol. The van der Waals surface area contributed by atoms with Gasteiger partial charge in [-0.25, -0.2) is 4.98 Å². The number of carbonyl (C=O) groups excluding carboxylic acids is 1. The summed E-state index contributed by atoms with van der Waals surface area (Å²) >= 11 is 0. The molecule has 1 N–H and O–H groups in total. The van der Waals surface area contributed by atoms with Gasteiger partial charge in [0.15, 0.2) is 0 Å². The Balaban J connectivity index is 1.39. The molecule has 4 rings (SSSR count). The van der Waals surface area contributed by atoms with Gasteiger partial charge in [0.1, 0.15) is 12.2 Å². The number of fused-ring (bicyclic) bond motifs is 1. The van der Waals surface area contributed by atoms with E-state index in [9.17, 15) is 4.79 Å². The Morgan fingerprint density at radius 3 is 2.65 bits per heavy atom. The number of carbonyl (C=O) groups is 1. The molecule has 1 saturated heterocycles. The van der Waals surface area contributed by atoms with Gasteiger partial charge in [0.2, 0.25) is 0 Å². The molecule has 0 unspecified atom stereocenters. The first-order valence-electron chi connectivity index (χ1n) is 9.23. The van der Waals surface area contributed by atoms with Crippen molar-refractivity contribution in [3.05, 3.63) is 77.5 Å². The first kappa shape index (κ1) is 16.7. The average Bonchev–Trinajstić information content (AvgIpc) is 2.68. The molecule has 1 amide bonds. The predicted octanol–water partition coefficient (Wildman–Crippen LogP) is 2.08. The Kier molecular flexibility index (Phi) is 4.67. The van der Waals surface area contributed by atoms with Crippen LogP contribution >= 0.6 is 0 Å². The maximum Gasteiger partial charge on any atom is 0.272 e. The topological polar surface area (TPSA) is 37.6 Å².